The van der Waals surface area contributed by atoms with Gasteiger partial charge in [0.05, 0.1) is 12.3 Å². The quantitative estimate of drug-likeness (QED) is 0.247. The number of aromatic nitrogens is 2. The molecule has 0 spiro atoms. The average Bonchev–Trinajstić information content (AvgIpc) is 2.78. The minimum atomic E-state index is 0.778. The highest BCUT2D eigenvalue weighted by Gasteiger charge is 2.09. The highest BCUT2D eigenvalue weighted by Crippen LogP contribution is 2.28. The molecule has 0 unspecified atom stereocenters. The summed E-state index contributed by atoms with van der Waals surface area (Å²) in [5.41, 5.74) is 2.05. The van der Waals surface area contributed by atoms with E-state index in [1.54, 1.807) is 0 Å². The molecule has 166 valence electrons. The topological polar surface area (TPSA) is 35.0 Å². The fourth-order valence-electron chi connectivity index (χ4n) is 3.78. The van der Waals surface area contributed by atoms with Crippen molar-refractivity contribution in [3.63, 3.8) is 0 Å². The van der Waals surface area contributed by atoms with Crippen LogP contribution in [-0.4, -0.2) is 16.6 Å². The van der Waals surface area contributed by atoms with Gasteiger partial charge in [-0.3, -0.25) is 0 Å². The second-order valence-corrected chi connectivity index (χ2v) is 8.34. The first kappa shape index (κ1) is 24.4. The molecule has 30 heavy (non-hydrogen) atoms. The SMILES string of the molecule is CCCCCCCCCOc1ccccc1-c1ccnc(CCCCCCCC)n1. The molecule has 1 heterocycles. The Balaban J connectivity index is 1.81. The van der Waals surface area contributed by atoms with E-state index in [1.807, 2.05) is 18.3 Å². The van der Waals surface area contributed by atoms with E-state index in [1.165, 1.54) is 77.0 Å². The van der Waals surface area contributed by atoms with Gasteiger partial charge in [-0.15, -0.1) is 0 Å². The van der Waals surface area contributed by atoms with Gasteiger partial charge in [-0.1, -0.05) is 96.6 Å². The number of benzene rings is 1. The van der Waals surface area contributed by atoms with Gasteiger partial charge in [0.15, 0.2) is 0 Å². The zero-order valence-corrected chi connectivity index (χ0v) is 19.4. The minimum absolute atomic E-state index is 0.778. The fourth-order valence-corrected chi connectivity index (χ4v) is 3.78. The van der Waals surface area contributed by atoms with Crippen molar-refractivity contribution in [1.29, 1.82) is 0 Å². The Labute approximate surface area is 184 Å². The lowest BCUT2D eigenvalue weighted by atomic mass is 10.1. The van der Waals surface area contributed by atoms with Crippen LogP contribution in [-0.2, 0) is 6.42 Å². The molecule has 0 radical (unpaired) electrons. The van der Waals surface area contributed by atoms with Crippen LogP contribution in [0.25, 0.3) is 11.3 Å². The monoisotopic (exact) mass is 410 g/mol. The van der Waals surface area contributed by atoms with E-state index in [2.05, 4.69) is 37.0 Å². The van der Waals surface area contributed by atoms with Gasteiger partial charge in [0.25, 0.3) is 0 Å². The Morgan fingerprint density at radius 1 is 0.700 bits per heavy atom. The van der Waals surface area contributed by atoms with E-state index < -0.39 is 0 Å². The number of nitrogens with zero attached hydrogens (tertiary/aromatic N) is 2. The molecule has 2 aromatic rings. The molecule has 0 fully saturated rings. The van der Waals surface area contributed by atoms with E-state index in [9.17, 15) is 0 Å². The molecule has 0 amide bonds. The lowest BCUT2D eigenvalue weighted by Crippen LogP contribution is -2.01. The first-order chi connectivity index (χ1) is 14.8. The van der Waals surface area contributed by atoms with Gasteiger partial charge in [0.1, 0.15) is 11.6 Å². The molecule has 1 aromatic heterocycles. The Hall–Kier alpha value is -1.90. The van der Waals surface area contributed by atoms with Crippen molar-refractivity contribution in [2.45, 2.75) is 104 Å². The standard InChI is InChI=1S/C27H42N2O/c1-3-5-7-9-11-13-17-23-30-26-19-16-15-18-24(26)25-21-22-28-27(29-25)20-14-12-10-8-6-4-2/h15-16,18-19,21-22H,3-14,17,20,23H2,1-2H3. The van der Waals surface area contributed by atoms with Gasteiger partial charge in [-0.2, -0.15) is 0 Å². The van der Waals surface area contributed by atoms with Crippen LogP contribution in [0.1, 0.15) is 103 Å². The predicted molar refractivity (Wildman–Crippen MR) is 128 cm³/mol. The van der Waals surface area contributed by atoms with Crippen LogP contribution in [0.2, 0.25) is 0 Å². The molecule has 3 nitrogen and oxygen atoms in total. The molecule has 0 atom stereocenters. The maximum Gasteiger partial charge on any atom is 0.128 e. The van der Waals surface area contributed by atoms with Crippen molar-refractivity contribution >= 4 is 0 Å². The molecule has 0 N–H and O–H groups in total. The Bertz CT molecular complexity index is 686. The van der Waals surface area contributed by atoms with Crippen molar-refractivity contribution in [2.24, 2.45) is 0 Å². The first-order valence-electron chi connectivity index (χ1n) is 12.4. The van der Waals surface area contributed by atoms with E-state index >= 15 is 0 Å². The maximum atomic E-state index is 6.13. The summed E-state index contributed by atoms with van der Waals surface area (Å²) in [7, 11) is 0. The molecule has 0 aliphatic rings. The number of para-hydroxylation sites is 1. The molecule has 3 heteroatoms. The molecule has 2 rings (SSSR count). The van der Waals surface area contributed by atoms with E-state index in [-0.39, 0.29) is 0 Å². The molecular weight excluding hydrogens is 368 g/mol. The van der Waals surface area contributed by atoms with Gasteiger partial charge >= 0.3 is 0 Å². The minimum Gasteiger partial charge on any atom is -0.493 e. The number of ether oxygens (including phenoxy) is 1. The third-order valence-electron chi connectivity index (χ3n) is 5.63. The van der Waals surface area contributed by atoms with E-state index in [4.69, 9.17) is 9.72 Å². The van der Waals surface area contributed by atoms with Crippen LogP contribution in [0.4, 0.5) is 0 Å². The van der Waals surface area contributed by atoms with Crippen LogP contribution in [0.5, 0.6) is 5.75 Å². The predicted octanol–water partition coefficient (Wildman–Crippen LogP) is 8.18. The van der Waals surface area contributed by atoms with Gasteiger partial charge in [-0.25, -0.2) is 9.97 Å². The zero-order chi connectivity index (χ0) is 21.3. The summed E-state index contributed by atoms with van der Waals surface area (Å²) in [4.78, 5) is 9.33. The second kappa shape index (κ2) is 15.9. The Morgan fingerprint density at radius 3 is 2.07 bits per heavy atom. The lowest BCUT2D eigenvalue weighted by molar-refractivity contribution is 0.305. The van der Waals surface area contributed by atoms with Crippen molar-refractivity contribution < 1.29 is 4.74 Å². The molecule has 0 aliphatic carbocycles. The highest BCUT2D eigenvalue weighted by molar-refractivity contribution is 5.66. The molecule has 0 bridgehead atoms. The molecule has 0 saturated heterocycles. The third-order valence-corrected chi connectivity index (χ3v) is 5.63. The van der Waals surface area contributed by atoms with Crippen molar-refractivity contribution in [2.75, 3.05) is 6.61 Å². The number of rotatable bonds is 17. The summed E-state index contributed by atoms with van der Waals surface area (Å²) in [6.45, 7) is 5.30. The van der Waals surface area contributed by atoms with Crippen molar-refractivity contribution in [1.82, 2.24) is 9.97 Å². The van der Waals surface area contributed by atoms with Crippen LogP contribution >= 0.6 is 0 Å². The second-order valence-electron chi connectivity index (χ2n) is 8.34. The fraction of sp³-hybridized carbons (Fsp3) is 0.630. The smallest absolute Gasteiger partial charge is 0.128 e. The highest BCUT2D eigenvalue weighted by atomic mass is 16.5. The van der Waals surface area contributed by atoms with Gasteiger partial charge in [-0.05, 0) is 31.0 Å². The summed E-state index contributed by atoms with van der Waals surface area (Å²) in [5, 5.41) is 0. The summed E-state index contributed by atoms with van der Waals surface area (Å²) in [5.74, 6) is 1.89. The van der Waals surface area contributed by atoms with Gasteiger partial charge in [0, 0.05) is 18.2 Å². The van der Waals surface area contributed by atoms with Gasteiger partial charge < -0.3 is 4.74 Å². The lowest BCUT2D eigenvalue weighted by Gasteiger charge is -2.12. The van der Waals surface area contributed by atoms with Crippen LogP contribution < -0.4 is 4.74 Å². The Kier molecular flexibility index (Phi) is 12.9. The zero-order valence-electron chi connectivity index (χ0n) is 19.4. The largest absolute Gasteiger partial charge is 0.493 e. The molecule has 0 aliphatic heterocycles. The number of aryl methyl sites for hydroxylation is 1. The van der Waals surface area contributed by atoms with E-state index in [0.29, 0.717) is 0 Å². The van der Waals surface area contributed by atoms with E-state index in [0.717, 1.165) is 42.3 Å². The molecule has 0 saturated carbocycles. The Morgan fingerprint density at radius 2 is 1.33 bits per heavy atom. The third kappa shape index (κ3) is 9.73. The summed E-state index contributed by atoms with van der Waals surface area (Å²) >= 11 is 0. The van der Waals surface area contributed by atoms with Gasteiger partial charge in [0.2, 0.25) is 0 Å². The van der Waals surface area contributed by atoms with Crippen molar-refractivity contribution in [3.05, 3.63) is 42.4 Å². The van der Waals surface area contributed by atoms with Crippen LogP contribution in [0, 0.1) is 0 Å². The number of unbranched alkanes of at least 4 members (excludes halogenated alkanes) is 11. The van der Waals surface area contributed by atoms with Crippen LogP contribution in [0.15, 0.2) is 36.5 Å². The first-order valence-corrected chi connectivity index (χ1v) is 12.4. The molecule has 1 aromatic carbocycles. The maximum absolute atomic E-state index is 6.13. The normalized spacial score (nSPS) is 11.0. The number of hydrogen-bond donors (Lipinski definition) is 0. The van der Waals surface area contributed by atoms with Crippen molar-refractivity contribution in [3.8, 4) is 17.0 Å². The number of hydrogen-bond acceptors (Lipinski definition) is 3. The summed E-state index contributed by atoms with van der Waals surface area (Å²) < 4.78 is 6.13. The summed E-state index contributed by atoms with van der Waals surface area (Å²) in [6.07, 6.45) is 19.7. The summed E-state index contributed by atoms with van der Waals surface area (Å²) in [6, 6.07) is 10.3. The molecular formula is C27H42N2O. The van der Waals surface area contributed by atoms with Crippen LogP contribution in [0.3, 0.4) is 0 Å². The average molecular weight is 411 g/mol.